The molecule has 6 heteroatoms. The maximum absolute atomic E-state index is 6.24. The van der Waals surface area contributed by atoms with Crippen LogP contribution in [-0.4, -0.2) is 46.8 Å². The Morgan fingerprint density at radius 2 is 2.00 bits per heavy atom. The highest BCUT2D eigenvalue weighted by Gasteiger charge is 2.13. The standard InChI is InChI=1S/C15H23ClN4S/c1-12-5-6-13(21-12)9-20(8-7-18(2)3)11-15-14(16)10-19(4)17-15/h5-6,10H,7-9,11H2,1-4H3. The molecule has 0 atom stereocenters. The van der Waals surface area contributed by atoms with Crippen LogP contribution in [0, 0.1) is 6.92 Å². The number of aromatic nitrogens is 2. The topological polar surface area (TPSA) is 24.3 Å². The molecule has 0 spiro atoms. The maximum atomic E-state index is 6.24. The zero-order chi connectivity index (χ0) is 15.4. The summed E-state index contributed by atoms with van der Waals surface area (Å²) in [6, 6.07) is 4.39. The fraction of sp³-hybridized carbons (Fsp3) is 0.533. The van der Waals surface area contributed by atoms with Gasteiger partial charge in [0.15, 0.2) is 0 Å². The van der Waals surface area contributed by atoms with Crippen LogP contribution in [0.3, 0.4) is 0 Å². The van der Waals surface area contributed by atoms with Crippen molar-refractivity contribution in [2.75, 3.05) is 27.2 Å². The first-order chi connectivity index (χ1) is 9.94. The van der Waals surface area contributed by atoms with Gasteiger partial charge in [0.05, 0.1) is 10.7 Å². The number of nitrogens with zero attached hydrogens (tertiary/aromatic N) is 4. The summed E-state index contributed by atoms with van der Waals surface area (Å²) in [6.07, 6.45) is 1.86. The van der Waals surface area contributed by atoms with E-state index < -0.39 is 0 Å². The van der Waals surface area contributed by atoms with Crippen molar-refractivity contribution in [2.45, 2.75) is 20.0 Å². The number of likely N-dealkylation sites (N-methyl/N-ethyl adjacent to an activating group) is 1. The van der Waals surface area contributed by atoms with Crippen LogP contribution in [0.1, 0.15) is 15.4 Å². The summed E-state index contributed by atoms with van der Waals surface area (Å²) in [6.45, 7) is 5.89. The third-order valence-corrected chi connectivity index (χ3v) is 4.57. The number of halogens is 1. The molecule has 2 heterocycles. The molecule has 0 bridgehead atoms. The highest BCUT2D eigenvalue weighted by atomic mass is 35.5. The van der Waals surface area contributed by atoms with Crippen LogP contribution in [-0.2, 0) is 20.1 Å². The van der Waals surface area contributed by atoms with Crippen LogP contribution < -0.4 is 0 Å². The van der Waals surface area contributed by atoms with Gasteiger partial charge >= 0.3 is 0 Å². The second kappa shape index (κ2) is 7.40. The molecule has 116 valence electrons. The summed E-state index contributed by atoms with van der Waals surface area (Å²) < 4.78 is 1.77. The Balaban J connectivity index is 2.05. The third kappa shape index (κ3) is 5.11. The summed E-state index contributed by atoms with van der Waals surface area (Å²) in [7, 11) is 6.10. The molecule has 0 unspecified atom stereocenters. The lowest BCUT2D eigenvalue weighted by Gasteiger charge is -2.23. The van der Waals surface area contributed by atoms with E-state index in [0.29, 0.717) is 0 Å². The molecule has 0 fully saturated rings. The summed E-state index contributed by atoms with van der Waals surface area (Å²) >= 11 is 8.10. The molecule has 0 aliphatic rings. The minimum absolute atomic E-state index is 0.745. The van der Waals surface area contributed by atoms with E-state index >= 15 is 0 Å². The first-order valence-corrected chi connectivity index (χ1v) is 8.24. The Kier molecular flexibility index (Phi) is 5.81. The van der Waals surface area contributed by atoms with E-state index in [0.717, 1.165) is 36.9 Å². The van der Waals surface area contributed by atoms with Gasteiger partial charge in [-0.05, 0) is 33.2 Å². The van der Waals surface area contributed by atoms with Crippen LogP contribution in [0.5, 0.6) is 0 Å². The molecular formula is C15H23ClN4S. The minimum atomic E-state index is 0.745. The number of thiophene rings is 1. The zero-order valence-corrected chi connectivity index (χ0v) is 14.7. The molecule has 0 amide bonds. The summed E-state index contributed by atoms with van der Waals surface area (Å²) in [5.74, 6) is 0. The Bertz CT molecular complexity index is 576. The fourth-order valence-electron chi connectivity index (χ4n) is 2.17. The largest absolute Gasteiger partial charge is 0.308 e. The van der Waals surface area contributed by atoms with Crippen molar-refractivity contribution in [3.63, 3.8) is 0 Å². The average molecular weight is 327 g/mol. The van der Waals surface area contributed by atoms with Gasteiger partial charge in [0.25, 0.3) is 0 Å². The molecule has 4 nitrogen and oxygen atoms in total. The van der Waals surface area contributed by atoms with Gasteiger partial charge in [-0.1, -0.05) is 11.6 Å². The van der Waals surface area contributed by atoms with Crippen LogP contribution >= 0.6 is 22.9 Å². The summed E-state index contributed by atoms with van der Waals surface area (Å²) in [4.78, 5) is 7.35. The van der Waals surface area contributed by atoms with Crippen molar-refractivity contribution in [1.82, 2.24) is 19.6 Å². The van der Waals surface area contributed by atoms with Gasteiger partial charge in [-0.2, -0.15) is 5.10 Å². The lowest BCUT2D eigenvalue weighted by Crippen LogP contribution is -2.31. The average Bonchev–Trinajstić information content (AvgIpc) is 2.93. The maximum Gasteiger partial charge on any atom is 0.0950 e. The van der Waals surface area contributed by atoms with Crippen molar-refractivity contribution in [1.29, 1.82) is 0 Å². The van der Waals surface area contributed by atoms with E-state index in [9.17, 15) is 0 Å². The van der Waals surface area contributed by atoms with Crippen LogP contribution in [0.25, 0.3) is 0 Å². The van der Waals surface area contributed by atoms with E-state index in [2.05, 4.69) is 48.1 Å². The number of aryl methyl sites for hydroxylation is 2. The monoisotopic (exact) mass is 326 g/mol. The van der Waals surface area contributed by atoms with Gasteiger partial charge in [-0.15, -0.1) is 11.3 Å². The van der Waals surface area contributed by atoms with E-state index in [4.69, 9.17) is 11.6 Å². The van der Waals surface area contributed by atoms with Crippen LogP contribution in [0.4, 0.5) is 0 Å². The molecule has 0 radical (unpaired) electrons. The third-order valence-electron chi connectivity index (χ3n) is 3.27. The molecular weight excluding hydrogens is 304 g/mol. The van der Waals surface area contributed by atoms with Crippen molar-refractivity contribution in [3.8, 4) is 0 Å². The van der Waals surface area contributed by atoms with Gasteiger partial charge in [-0.3, -0.25) is 9.58 Å². The van der Waals surface area contributed by atoms with Crippen molar-refractivity contribution in [2.24, 2.45) is 7.05 Å². The van der Waals surface area contributed by atoms with Gasteiger partial charge in [0.2, 0.25) is 0 Å². The molecule has 0 saturated heterocycles. The smallest absolute Gasteiger partial charge is 0.0950 e. The first-order valence-electron chi connectivity index (χ1n) is 7.04. The SMILES string of the molecule is Cc1ccc(CN(CCN(C)C)Cc2nn(C)cc2Cl)s1. The minimum Gasteiger partial charge on any atom is -0.308 e. The van der Waals surface area contributed by atoms with Gasteiger partial charge in [0, 0.05) is 49.2 Å². The highest BCUT2D eigenvalue weighted by molar-refractivity contribution is 7.11. The summed E-state index contributed by atoms with van der Waals surface area (Å²) in [5.41, 5.74) is 0.950. The molecule has 0 saturated carbocycles. The summed E-state index contributed by atoms with van der Waals surface area (Å²) in [5, 5.41) is 5.20. The Labute approximate surface area is 135 Å². The van der Waals surface area contributed by atoms with Crippen molar-refractivity contribution in [3.05, 3.63) is 38.8 Å². The predicted octanol–water partition coefficient (Wildman–Crippen LogP) is 3.01. The van der Waals surface area contributed by atoms with Crippen LogP contribution in [0.2, 0.25) is 5.02 Å². The number of hydrogen-bond donors (Lipinski definition) is 0. The molecule has 2 rings (SSSR count). The van der Waals surface area contributed by atoms with Crippen LogP contribution in [0.15, 0.2) is 18.3 Å². The number of rotatable bonds is 7. The molecule has 0 N–H and O–H groups in total. The van der Waals surface area contributed by atoms with Crippen molar-refractivity contribution >= 4 is 22.9 Å². The van der Waals surface area contributed by atoms with E-state index in [1.165, 1.54) is 9.75 Å². The Hall–Kier alpha value is -0.880. The zero-order valence-electron chi connectivity index (χ0n) is 13.1. The molecule has 0 aliphatic heterocycles. The molecule has 21 heavy (non-hydrogen) atoms. The van der Waals surface area contributed by atoms with Crippen molar-refractivity contribution < 1.29 is 0 Å². The Morgan fingerprint density at radius 3 is 2.52 bits per heavy atom. The lowest BCUT2D eigenvalue weighted by molar-refractivity contribution is 0.225. The fourth-order valence-corrected chi connectivity index (χ4v) is 3.34. The molecule has 0 aliphatic carbocycles. The lowest BCUT2D eigenvalue weighted by atomic mass is 10.3. The van der Waals surface area contributed by atoms with E-state index in [1.54, 1.807) is 4.68 Å². The van der Waals surface area contributed by atoms with Gasteiger partial charge < -0.3 is 4.90 Å². The quantitative estimate of drug-likeness (QED) is 0.781. The molecule has 2 aromatic heterocycles. The second-order valence-electron chi connectivity index (χ2n) is 5.62. The number of hydrogen-bond acceptors (Lipinski definition) is 4. The normalized spacial score (nSPS) is 11.8. The van der Waals surface area contributed by atoms with Gasteiger partial charge in [0.1, 0.15) is 0 Å². The Morgan fingerprint density at radius 1 is 1.24 bits per heavy atom. The highest BCUT2D eigenvalue weighted by Crippen LogP contribution is 2.20. The van der Waals surface area contributed by atoms with Gasteiger partial charge in [-0.25, -0.2) is 0 Å². The molecule has 2 aromatic rings. The van der Waals surface area contributed by atoms with E-state index in [-0.39, 0.29) is 0 Å². The predicted molar refractivity (Wildman–Crippen MR) is 89.9 cm³/mol. The van der Waals surface area contributed by atoms with E-state index in [1.807, 2.05) is 24.6 Å². The molecule has 0 aromatic carbocycles. The first kappa shape index (κ1) is 16.5. The second-order valence-corrected chi connectivity index (χ2v) is 7.40.